The Labute approximate surface area is 115 Å². The molecule has 1 heterocycles. The van der Waals surface area contributed by atoms with E-state index in [0.29, 0.717) is 10.6 Å². The number of para-hydroxylation sites is 1. The molecule has 1 N–H and O–H groups in total. The molecule has 0 radical (unpaired) electrons. The zero-order valence-corrected chi connectivity index (χ0v) is 12.4. The standard InChI is InChI=1S/C14H21NO3S/c1-10-8-12(9-11(2)18-10)15-13-6-4-5-7-14(13)19(3,16)17/h4-7,10-12,15H,8-9H2,1-3H3. The van der Waals surface area contributed by atoms with Gasteiger partial charge in [0.05, 0.1) is 22.8 Å². The first-order valence-corrected chi connectivity index (χ1v) is 8.46. The quantitative estimate of drug-likeness (QED) is 0.926. The average molecular weight is 283 g/mol. The van der Waals surface area contributed by atoms with E-state index in [-0.39, 0.29) is 18.2 Å². The van der Waals surface area contributed by atoms with Gasteiger partial charge in [-0.3, -0.25) is 0 Å². The van der Waals surface area contributed by atoms with Crippen molar-refractivity contribution in [2.24, 2.45) is 0 Å². The van der Waals surface area contributed by atoms with Crippen LogP contribution in [0.3, 0.4) is 0 Å². The van der Waals surface area contributed by atoms with Crippen molar-refractivity contribution in [3.8, 4) is 0 Å². The van der Waals surface area contributed by atoms with Crippen LogP contribution in [-0.2, 0) is 14.6 Å². The van der Waals surface area contributed by atoms with E-state index >= 15 is 0 Å². The normalized spacial score (nSPS) is 28.1. The Morgan fingerprint density at radius 2 is 1.74 bits per heavy atom. The van der Waals surface area contributed by atoms with Gasteiger partial charge in [-0.15, -0.1) is 0 Å². The Kier molecular flexibility index (Phi) is 4.16. The average Bonchev–Trinajstić information content (AvgIpc) is 2.26. The van der Waals surface area contributed by atoms with Crippen LogP contribution >= 0.6 is 0 Å². The van der Waals surface area contributed by atoms with Crippen molar-refractivity contribution in [2.45, 2.75) is 49.8 Å². The highest BCUT2D eigenvalue weighted by atomic mass is 32.2. The van der Waals surface area contributed by atoms with Gasteiger partial charge in [-0.25, -0.2) is 8.42 Å². The van der Waals surface area contributed by atoms with Gasteiger partial charge in [-0.1, -0.05) is 12.1 Å². The van der Waals surface area contributed by atoms with Crippen LogP contribution in [0.25, 0.3) is 0 Å². The van der Waals surface area contributed by atoms with Crippen molar-refractivity contribution in [3.05, 3.63) is 24.3 Å². The maximum atomic E-state index is 11.8. The fourth-order valence-corrected chi connectivity index (χ4v) is 3.50. The molecule has 1 aromatic carbocycles. The Hall–Kier alpha value is -1.07. The third-order valence-electron chi connectivity index (χ3n) is 3.34. The summed E-state index contributed by atoms with van der Waals surface area (Å²) >= 11 is 0. The van der Waals surface area contributed by atoms with Crippen LogP contribution in [0.15, 0.2) is 29.2 Å². The topological polar surface area (TPSA) is 55.4 Å². The van der Waals surface area contributed by atoms with Crippen molar-refractivity contribution in [3.63, 3.8) is 0 Å². The lowest BCUT2D eigenvalue weighted by Gasteiger charge is -2.33. The highest BCUT2D eigenvalue weighted by Crippen LogP contribution is 2.26. The van der Waals surface area contributed by atoms with Gasteiger partial charge in [0.2, 0.25) is 0 Å². The summed E-state index contributed by atoms with van der Waals surface area (Å²) in [6.45, 7) is 4.10. The summed E-state index contributed by atoms with van der Waals surface area (Å²) < 4.78 is 29.2. The zero-order valence-electron chi connectivity index (χ0n) is 11.6. The molecule has 0 amide bonds. The fraction of sp³-hybridized carbons (Fsp3) is 0.571. The second-order valence-corrected chi connectivity index (χ2v) is 7.32. The fourth-order valence-electron chi connectivity index (χ4n) is 2.65. The van der Waals surface area contributed by atoms with Crippen molar-refractivity contribution in [1.82, 2.24) is 0 Å². The minimum absolute atomic E-state index is 0.201. The molecule has 1 fully saturated rings. The van der Waals surface area contributed by atoms with Gasteiger partial charge in [0.15, 0.2) is 9.84 Å². The summed E-state index contributed by atoms with van der Waals surface area (Å²) in [5.41, 5.74) is 0.691. The summed E-state index contributed by atoms with van der Waals surface area (Å²) in [4.78, 5) is 0.363. The molecule has 106 valence electrons. The maximum Gasteiger partial charge on any atom is 0.177 e. The van der Waals surface area contributed by atoms with Gasteiger partial charge >= 0.3 is 0 Å². The monoisotopic (exact) mass is 283 g/mol. The molecule has 0 aliphatic carbocycles. The highest BCUT2D eigenvalue weighted by molar-refractivity contribution is 7.90. The minimum Gasteiger partial charge on any atom is -0.381 e. The van der Waals surface area contributed by atoms with E-state index in [1.54, 1.807) is 12.1 Å². The molecule has 0 saturated carbocycles. The molecule has 5 heteroatoms. The molecule has 0 bridgehead atoms. The molecule has 4 nitrogen and oxygen atoms in total. The third kappa shape index (κ3) is 3.70. The van der Waals surface area contributed by atoms with Crippen LogP contribution in [-0.4, -0.2) is 32.9 Å². The highest BCUT2D eigenvalue weighted by Gasteiger charge is 2.25. The molecule has 2 atom stereocenters. The molecule has 2 rings (SSSR count). The molecule has 0 spiro atoms. The number of ether oxygens (including phenoxy) is 1. The van der Waals surface area contributed by atoms with Gasteiger partial charge in [0.1, 0.15) is 0 Å². The maximum absolute atomic E-state index is 11.8. The largest absolute Gasteiger partial charge is 0.381 e. The summed E-state index contributed by atoms with van der Waals surface area (Å²) in [5, 5.41) is 3.36. The molecule has 1 saturated heterocycles. The second-order valence-electron chi connectivity index (χ2n) is 5.34. The van der Waals surface area contributed by atoms with Crippen molar-refractivity contribution < 1.29 is 13.2 Å². The number of benzene rings is 1. The van der Waals surface area contributed by atoms with Gasteiger partial charge in [0.25, 0.3) is 0 Å². The lowest BCUT2D eigenvalue weighted by Crippen LogP contribution is -2.37. The number of hydrogen-bond donors (Lipinski definition) is 1. The van der Waals surface area contributed by atoms with E-state index in [1.165, 1.54) is 6.26 Å². The lowest BCUT2D eigenvalue weighted by atomic mass is 9.99. The van der Waals surface area contributed by atoms with Crippen molar-refractivity contribution >= 4 is 15.5 Å². The predicted molar refractivity (Wildman–Crippen MR) is 76.2 cm³/mol. The number of hydrogen-bond acceptors (Lipinski definition) is 4. The van der Waals surface area contributed by atoms with Crippen molar-refractivity contribution in [2.75, 3.05) is 11.6 Å². The zero-order chi connectivity index (χ0) is 14.0. The molecule has 0 aromatic heterocycles. The van der Waals surface area contributed by atoms with Crippen LogP contribution in [0.2, 0.25) is 0 Å². The van der Waals surface area contributed by atoms with Crippen LogP contribution < -0.4 is 5.32 Å². The van der Waals surface area contributed by atoms with E-state index in [2.05, 4.69) is 5.32 Å². The summed E-state index contributed by atoms with van der Waals surface area (Å²) in [6.07, 6.45) is 3.42. The Bertz CT molecular complexity index is 531. The molecule has 1 aliphatic rings. The van der Waals surface area contributed by atoms with E-state index in [1.807, 2.05) is 26.0 Å². The van der Waals surface area contributed by atoms with E-state index in [4.69, 9.17) is 4.74 Å². The summed E-state index contributed by atoms with van der Waals surface area (Å²) in [7, 11) is -3.21. The van der Waals surface area contributed by atoms with E-state index < -0.39 is 9.84 Å². The van der Waals surface area contributed by atoms with E-state index in [9.17, 15) is 8.42 Å². The smallest absolute Gasteiger partial charge is 0.177 e. The van der Waals surface area contributed by atoms with Crippen LogP contribution in [0, 0.1) is 0 Å². The number of anilines is 1. The lowest BCUT2D eigenvalue weighted by molar-refractivity contribution is -0.0338. The second kappa shape index (κ2) is 5.51. The molecular formula is C14H21NO3S. The van der Waals surface area contributed by atoms with E-state index in [0.717, 1.165) is 12.8 Å². The van der Waals surface area contributed by atoms with Crippen LogP contribution in [0.1, 0.15) is 26.7 Å². The predicted octanol–water partition coefficient (Wildman–Crippen LogP) is 2.46. The van der Waals surface area contributed by atoms with Gasteiger partial charge in [0, 0.05) is 12.3 Å². The Balaban J connectivity index is 2.20. The summed E-state index contributed by atoms with van der Waals surface area (Å²) in [6, 6.07) is 7.31. The first kappa shape index (κ1) is 14.3. The third-order valence-corrected chi connectivity index (χ3v) is 4.50. The summed E-state index contributed by atoms with van der Waals surface area (Å²) in [5.74, 6) is 0. The van der Waals surface area contributed by atoms with Crippen molar-refractivity contribution in [1.29, 1.82) is 0 Å². The Morgan fingerprint density at radius 1 is 1.16 bits per heavy atom. The number of sulfone groups is 1. The number of rotatable bonds is 3. The first-order chi connectivity index (χ1) is 8.86. The molecule has 19 heavy (non-hydrogen) atoms. The molecular weight excluding hydrogens is 262 g/mol. The van der Waals surface area contributed by atoms with Gasteiger partial charge in [-0.2, -0.15) is 0 Å². The molecule has 1 aromatic rings. The van der Waals surface area contributed by atoms with Gasteiger partial charge in [-0.05, 0) is 38.8 Å². The van der Waals surface area contributed by atoms with Gasteiger partial charge < -0.3 is 10.1 Å². The minimum atomic E-state index is -3.21. The molecule has 1 aliphatic heterocycles. The van der Waals surface area contributed by atoms with Crippen LogP contribution in [0.5, 0.6) is 0 Å². The first-order valence-electron chi connectivity index (χ1n) is 6.57. The SMILES string of the molecule is CC1CC(Nc2ccccc2S(C)(=O)=O)CC(C)O1. The Morgan fingerprint density at radius 3 is 2.32 bits per heavy atom. The van der Waals surface area contributed by atoms with Crippen LogP contribution in [0.4, 0.5) is 5.69 Å². The number of nitrogens with one attached hydrogen (secondary N) is 1. The molecule has 2 unspecified atom stereocenters.